The average Bonchev–Trinajstić information content (AvgIpc) is 2.51. The molecule has 0 aliphatic rings. The van der Waals surface area contributed by atoms with Crippen molar-refractivity contribution in [1.29, 1.82) is 0 Å². The quantitative estimate of drug-likeness (QED) is 0.396. The van der Waals surface area contributed by atoms with E-state index < -0.39 is 26.7 Å². The molecule has 0 saturated heterocycles. The van der Waals surface area contributed by atoms with Gasteiger partial charge >= 0.3 is 6.03 Å². The summed E-state index contributed by atoms with van der Waals surface area (Å²) in [7, 11) is -0.798. The molecule has 0 spiro atoms. The van der Waals surface area contributed by atoms with Crippen LogP contribution in [-0.2, 0) is 21.5 Å². The van der Waals surface area contributed by atoms with Gasteiger partial charge in [0.25, 0.3) is 5.69 Å². The predicted molar refractivity (Wildman–Crippen MR) is 84.3 cm³/mol. The van der Waals surface area contributed by atoms with Crippen LogP contribution in [-0.4, -0.2) is 50.9 Å². The minimum atomic E-state index is -3.86. The van der Waals surface area contributed by atoms with Crippen LogP contribution in [0.1, 0.15) is 5.56 Å². The molecule has 0 fully saturated rings. The van der Waals surface area contributed by atoms with Crippen LogP contribution >= 0.6 is 0 Å². The second kappa shape index (κ2) is 8.54. The van der Waals surface area contributed by atoms with E-state index in [9.17, 15) is 23.3 Å². The van der Waals surface area contributed by atoms with E-state index in [4.69, 9.17) is 10.6 Å². The topological polar surface area (TPSA) is 157 Å². The number of nitro groups is 1. The largest absolute Gasteiger partial charge is 0.350 e. The number of hydrogen-bond acceptors (Lipinski definition) is 7. The van der Waals surface area contributed by atoms with Crippen molar-refractivity contribution in [3.05, 3.63) is 33.9 Å². The number of urea groups is 1. The number of nitro benzene ring substituents is 1. The van der Waals surface area contributed by atoms with E-state index in [2.05, 4.69) is 5.32 Å². The molecule has 0 radical (unpaired) electrons. The fourth-order valence-corrected chi connectivity index (χ4v) is 2.94. The number of carbonyl (C=O) groups excluding carboxylic acids is 1. The molecule has 1 aromatic rings. The van der Waals surface area contributed by atoms with Crippen molar-refractivity contribution in [3.8, 4) is 0 Å². The lowest BCUT2D eigenvalue weighted by atomic mass is 10.2. The van der Waals surface area contributed by atoms with Crippen molar-refractivity contribution in [2.45, 2.75) is 11.5 Å². The molecule has 0 bridgehead atoms. The zero-order valence-electron chi connectivity index (χ0n) is 13.2. The number of primary amides is 1. The first kappa shape index (κ1) is 19.8. The van der Waals surface area contributed by atoms with Crippen LogP contribution in [0, 0.1) is 10.1 Å². The molecular weight excluding hydrogens is 342 g/mol. The van der Waals surface area contributed by atoms with E-state index in [1.807, 2.05) is 5.48 Å². The van der Waals surface area contributed by atoms with E-state index in [0.29, 0.717) is 6.54 Å². The molecule has 0 saturated carbocycles. The molecule has 0 atom stereocenters. The number of hydroxylamine groups is 1. The maximum atomic E-state index is 12.4. The summed E-state index contributed by atoms with van der Waals surface area (Å²) in [5.41, 5.74) is 6.29. The SMILES string of the molecule is CNCCN(C)S(=O)(=O)c1ccc(CONC(N)=O)c([N+](=O)[O-])c1. The first-order valence-corrected chi connectivity index (χ1v) is 8.19. The lowest BCUT2D eigenvalue weighted by Gasteiger charge is -2.17. The molecule has 0 heterocycles. The molecule has 0 aliphatic heterocycles. The summed E-state index contributed by atoms with van der Waals surface area (Å²) in [6, 6.07) is 2.48. The van der Waals surface area contributed by atoms with Gasteiger partial charge in [-0.1, -0.05) is 0 Å². The van der Waals surface area contributed by atoms with Gasteiger partial charge in [-0.15, -0.1) is 0 Å². The first-order chi connectivity index (χ1) is 11.2. The molecule has 134 valence electrons. The fourth-order valence-electron chi connectivity index (χ4n) is 1.75. The molecule has 12 heteroatoms. The van der Waals surface area contributed by atoms with Crippen LogP contribution in [0.2, 0.25) is 0 Å². The molecule has 0 unspecified atom stereocenters. The summed E-state index contributed by atoms with van der Waals surface area (Å²) in [4.78, 5) is 25.4. The summed E-state index contributed by atoms with van der Waals surface area (Å²) >= 11 is 0. The zero-order chi connectivity index (χ0) is 18.3. The van der Waals surface area contributed by atoms with Gasteiger partial charge < -0.3 is 11.1 Å². The molecule has 11 nitrogen and oxygen atoms in total. The number of nitrogens with two attached hydrogens (primary N) is 1. The summed E-state index contributed by atoms with van der Waals surface area (Å²) in [5.74, 6) is 0. The molecule has 24 heavy (non-hydrogen) atoms. The first-order valence-electron chi connectivity index (χ1n) is 6.75. The van der Waals surface area contributed by atoms with Gasteiger partial charge in [-0.2, -0.15) is 4.31 Å². The highest BCUT2D eigenvalue weighted by atomic mass is 32.2. The van der Waals surface area contributed by atoms with E-state index in [1.54, 1.807) is 7.05 Å². The summed E-state index contributed by atoms with van der Waals surface area (Å²) in [6.45, 7) is 0.303. The van der Waals surface area contributed by atoms with E-state index in [-0.39, 0.29) is 23.6 Å². The van der Waals surface area contributed by atoms with E-state index in [0.717, 1.165) is 10.4 Å². The number of sulfonamides is 1. The third-order valence-corrected chi connectivity index (χ3v) is 4.89. The van der Waals surface area contributed by atoms with Crippen molar-refractivity contribution >= 4 is 21.7 Å². The Morgan fingerprint density at radius 3 is 2.67 bits per heavy atom. The maximum absolute atomic E-state index is 12.4. The smallest absolute Gasteiger partial charge is 0.336 e. The normalized spacial score (nSPS) is 11.5. The molecule has 1 rings (SSSR count). The molecule has 1 aromatic carbocycles. The Bertz CT molecular complexity index is 708. The standard InChI is InChI=1S/C12H19N5O6S/c1-14-5-6-16(2)24(21,22)10-4-3-9(8-23-15-12(13)18)11(7-10)17(19)20/h3-4,7,14H,5-6,8H2,1-2H3,(H3,13,15,18). The lowest BCUT2D eigenvalue weighted by Crippen LogP contribution is -2.33. The van der Waals surface area contributed by atoms with Crippen LogP contribution in [0.5, 0.6) is 0 Å². The Morgan fingerprint density at radius 1 is 1.46 bits per heavy atom. The number of carbonyl (C=O) groups is 1. The van der Waals surface area contributed by atoms with E-state index in [1.165, 1.54) is 19.2 Å². The van der Waals surface area contributed by atoms with Crippen LogP contribution in [0.15, 0.2) is 23.1 Å². The molecule has 0 aromatic heterocycles. The van der Waals surface area contributed by atoms with Gasteiger partial charge in [-0.25, -0.2) is 18.7 Å². The van der Waals surface area contributed by atoms with Crippen molar-refractivity contribution in [3.63, 3.8) is 0 Å². The fraction of sp³-hybridized carbons (Fsp3) is 0.417. The number of nitrogens with one attached hydrogen (secondary N) is 2. The number of likely N-dealkylation sites (N-methyl/N-ethyl adjacent to an activating group) is 2. The average molecular weight is 361 g/mol. The lowest BCUT2D eigenvalue weighted by molar-refractivity contribution is -0.386. The number of benzene rings is 1. The minimum Gasteiger partial charge on any atom is -0.350 e. The number of nitrogens with zero attached hydrogens (tertiary/aromatic N) is 2. The highest BCUT2D eigenvalue weighted by Gasteiger charge is 2.24. The van der Waals surface area contributed by atoms with Gasteiger partial charge in [0, 0.05) is 26.2 Å². The maximum Gasteiger partial charge on any atom is 0.336 e. The van der Waals surface area contributed by atoms with Crippen molar-refractivity contribution < 1.29 is 23.0 Å². The molecule has 4 N–H and O–H groups in total. The highest BCUT2D eigenvalue weighted by Crippen LogP contribution is 2.25. The zero-order valence-corrected chi connectivity index (χ0v) is 14.0. The summed E-state index contributed by atoms with van der Waals surface area (Å²) < 4.78 is 25.9. The minimum absolute atomic E-state index is 0.0885. The van der Waals surface area contributed by atoms with Crippen LogP contribution in [0.25, 0.3) is 0 Å². The van der Waals surface area contributed by atoms with Gasteiger partial charge in [0.05, 0.1) is 15.4 Å². The van der Waals surface area contributed by atoms with Gasteiger partial charge in [0.15, 0.2) is 0 Å². The van der Waals surface area contributed by atoms with Gasteiger partial charge in [0.1, 0.15) is 6.61 Å². The Morgan fingerprint density at radius 2 is 2.12 bits per heavy atom. The number of hydrogen-bond donors (Lipinski definition) is 3. The van der Waals surface area contributed by atoms with Crippen molar-refractivity contribution in [2.75, 3.05) is 27.2 Å². The Labute approximate surface area is 138 Å². The number of amides is 2. The summed E-state index contributed by atoms with van der Waals surface area (Å²) in [5, 5.41) is 14.0. The van der Waals surface area contributed by atoms with Crippen LogP contribution in [0.4, 0.5) is 10.5 Å². The van der Waals surface area contributed by atoms with Gasteiger partial charge in [-0.3, -0.25) is 15.0 Å². The van der Waals surface area contributed by atoms with Crippen molar-refractivity contribution in [1.82, 2.24) is 15.1 Å². The van der Waals surface area contributed by atoms with E-state index >= 15 is 0 Å². The number of rotatable bonds is 9. The monoisotopic (exact) mass is 361 g/mol. The Kier molecular flexibility index (Phi) is 7.03. The van der Waals surface area contributed by atoms with Crippen molar-refractivity contribution in [2.24, 2.45) is 5.73 Å². The third kappa shape index (κ3) is 5.13. The molecule has 0 aliphatic carbocycles. The molecule has 2 amide bonds. The second-order valence-electron chi connectivity index (χ2n) is 4.73. The third-order valence-electron chi connectivity index (χ3n) is 3.04. The van der Waals surface area contributed by atoms with Crippen LogP contribution in [0.3, 0.4) is 0 Å². The van der Waals surface area contributed by atoms with Crippen LogP contribution < -0.4 is 16.5 Å². The summed E-state index contributed by atoms with van der Waals surface area (Å²) in [6.07, 6.45) is 0. The van der Waals surface area contributed by atoms with Gasteiger partial charge in [0.2, 0.25) is 10.0 Å². The molecular formula is C12H19N5O6S. The predicted octanol–water partition coefficient (Wildman–Crippen LogP) is -0.465. The highest BCUT2D eigenvalue weighted by molar-refractivity contribution is 7.89. The van der Waals surface area contributed by atoms with Gasteiger partial charge in [-0.05, 0) is 19.2 Å². The second-order valence-corrected chi connectivity index (χ2v) is 6.78. The Hall–Kier alpha value is -2.28. The Balaban J connectivity index is 3.08.